The van der Waals surface area contributed by atoms with Crippen LogP contribution >= 0.6 is 24.0 Å². The smallest absolute Gasteiger partial charge is 0.292 e. The second-order valence-electron chi connectivity index (χ2n) is 5.79. The molecule has 1 aromatic heterocycles. The van der Waals surface area contributed by atoms with Gasteiger partial charge in [-0.3, -0.25) is 9.59 Å². The lowest BCUT2D eigenvalue weighted by atomic mass is 10.2. The third-order valence-corrected chi connectivity index (χ3v) is 4.56. The SMILES string of the molecule is CNCC(=O)N1CCN(c2cnn(-c3ccccc3)c(=O)c2Cl)CC1.Cl. The van der Waals surface area contributed by atoms with E-state index in [4.69, 9.17) is 11.6 Å². The summed E-state index contributed by atoms with van der Waals surface area (Å²) in [6.07, 6.45) is 1.61. The third kappa shape index (κ3) is 4.17. The van der Waals surface area contributed by atoms with E-state index in [9.17, 15) is 9.59 Å². The van der Waals surface area contributed by atoms with E-state index in [1.807, 2.05) is 23.1 Å². The summed E-state index contributed by atoms with van der Waals surface area (Å²) in [4.78, 5) is 28.3. The minimum absolute atomic E-state index is 0. The lowest BCUT2D eigenvalue weighted by Crippen LogP contribution is -2.51. The normalized spacial score (nSPS) is 14.1. The number of nitrogens with one attached hydrogen (secondary N) is 1. The lowest BCUT2D eigenvalue weighted by Gasteiger charge is -2.36. The molecule has 0 atom stereocenters. The van der Waals surface area contributed by atoms with Gasteiger partial charge in [0.25, 0.3) is 5.56 Å². The second kappa shape index (κ2) is 9.02. The molecule has 2 heterocycles. The van der Waals surface area contributed by atoms with Crippen LogP contribution in [0.5, 0.6) is 0 Å². The van der Waals surface area contributed by atoms with Crippen LogP contribution in [0.3, 0.4) is 0 Å². The minimum Gasteiger partial charge on any atom is -0.365 e. The zero-order chi connectivity index (χ0) is 17.8. The fourth-order valence-corrected chi connectivity index (χ4v) is 3.11. The Hall–Kier alpha value is -2.09. The van der Waals surface area contributed by atoms with Crippen molar-refractivity contribution in [1.82, 2.24) is 20.0 Å². The molecule has 26 heavy (non-hydrogen) atoms. The molecule has 1 aliphatic rings. The molecule has 0 bridgehead atoms. The van der Waals surface area contributed by atoms with Crippen LogP contribution in [-0.4, -0.2) is 60.4 Å². The Labute approximate surface area is 163 Å². The number of nitrogens with zero attached hydrogens (tertiary/aromatic N) is 4. The number of anilines is 1. The number of halogens is 2. The maximum absolute atomic E-state index is 12.6. The van der Waals surface area contributed by atoms with Crippen molar-refractivity contribution >= 4 is 35.6 Å². The summed E-state index contributed by atoms with van der Waals surface area (Å²) in [5.74, 6) is 0.0749. The zero-order valence-corrected chi connectivity index (χ0v) is 16.0. The molecular weight excluding hydrogens is 377 g/mol. The molecule has 1 amide bonds. The van der Waals surface area contributed by atoms with Gasteiger partial charge in [-0.15, -0.1) is 12.4 Å². The van der Waals surface area contributed by atoms with Crippen LogP contribution in [0, 0.1) is 0 Å². The maximum atomic E-state index is 12.6. The molecule has 1 fully saturated rings. The number of amides is 1. The molecule has 1 N–H and O–H groups in total. The number of hydrogen-bond acceptors (Lipinski definition) is 5. The maximum Gasteiger partial charge on any atom is 0.292 e. The first kappa shape index (κ1) is 20.2. The molecule has 1 saturated heterocycles. The Morgan fingerprint density at radius 1 is 1.19 bits per heavy atom. The first-order chi connectivity index (χ1) is 12.1. The Morgan fingerprint density at radius 2 is 1.85 bits per heavy atom. The highest BCUT2D eigenvalue weighted by molar-refractivity contribution is 6.33. The predicted octanol–water partition coefficient (Wildman–Crippen LogP) is 1.18. The molecule has 7 nitrogen and oxygen atoms in total. The summed E-state index contributed by atoms with van der Waals surface area (Å²) in [7, 11) is 1.75. The van der Waals surface area contributed by atoms with Crippen molar-refractivity contribution in [1.29, 1.82) is 0 Å². The van der Waals surface area contributed by atoms with Crippen molar-refractivity contribution in [2.45, 2.75) is 0 Å². The van der Waals surface area contributed by atoms with Gasteiger partial charge in [-0.2, -0.15) is 9.78 Å². The second-order valence-corrected chi connectivity index (χ2v) is 6.17. The highest BCUT2D eigenvalue weighted by Crippen LogP contribution is 2.23. The van der Waals surface area contributed by atoms with Gasteiger partial charge in [0.15, 0.2) is 0 Å². The highest BCUT2D eigenvalue weighted by atomic mass is 35.5. The molecule has 0 unspecified atom stereocenters. The van der Waals surface area contributed by atoms with Crippen molar-refractivity contribution in [2.24, 2.45) is 0 Å². The highest BCUT2D eigenvalue weighted by Gasteiger charge is 2.23. The van der Waals surface area contributed by atoms with E-state index in [-0.39, 0.29) is 28.9 Å². The van der Waals surface area contributed by atoms with Crippen LogP contribution in [0.4, 0.5) is 5.69 Å². The number of rotatable bonds is 4. The molecule has 0 aliphatic carbocycles. The van der Waals surface area contributed by atoms with Crippen LogP contribution in [0.2, 0.25) is 5.02 Å². The molecule has 0 saturated carbocycles. The molecule has 1 aromatic carbocycles. The number of para-hydroxylation sites is 1. The predicted molar refractivity (Wildman–Crippen MR) is 105 cm³/mol. The van der Waals surface area contributed by atoms with Crippen LogP contribution in [0.15, 0.2) is 41.3 Å². The van der Waals surface area contributed by atoms with Gasteiger partial charge in [0.05, 0.1) is 24.1 Å². The summed E-state index contributed by atoms with van der Waals surface area (Å²) in [6, 6.07) is 9.16. The quantitative estimate of drug-likeness (QED) is 0.838. The summed E-state index contributed by atoms with van der Waals surface area (Å²) in [6.45, 7) is 2.75. The van der Waals surface area contributed by atoms with Gasteiger partial charge in [0.1, 0.15) is 5.02 Å². The summed E-state index contributed by atoms with van der Waals surface area (Å²) < 4.78 is 1.29. The van der Waals surface area contributed by atoms with Gasteiger partial charge >= 0.3 is 0 Å². The van der Waals surface area contributed by atoms with E-state index in [2.05, 4.69) is 10.4 Å². The Bertz CT molecular complexity index is 805. The number of likely N-dealkylation sites (N-methyl/N-ethyl adjacent to an activating group) is 1. The third-order valence-electron chi connectivity index (χ3n) is 4.20. The van der Waals surface area contributed by atoms with E-state index in [0.717, 1.165) is 0 Å². The molecule has 2 aromatic rings. The van der Waals surface area contributed by atoms with Crippen molar-refractivity contribution in [3.8, 4) is 5.69 Å². The van der Waals surface area contributed by atoms with Crippen LogP contribution in [0.1, 0.15) is 0 Å². The molecule has 0 radical (unpaired) electrons. The molecule has 9 heteroatoms. The van der Waals surface area contributed by atoms with Gasteiger partial charge < -0.3 is 15.1 Å². The van der Waals surface area contributed by atoms with Gasteiger partial charge in [-0.1, -0.05) is 29.8 Å². The summed E-state index contributed by atoms with van der Waals surface area (Å²) >= 11 is 6.32. The Kier molecular flexibility index (Phi) is 7.02. The van der Waals surface area contributed by atoms with E-state index in [0.29, 0.717) is 44.1 Å². The zero-order valence-electron chi connectivity index (χ0n) is 14.4. The van der Waals surface area contributed by atoms with E-state index >= 15 is 0 Å². The minimum atomic E-state index is -0.348. The van der Waals surface area contributed by atoms with Crippen molar-refractivity contribution in [3.05, 3.63) is 51.9 Å². The first-order valence-corrected chi connectivity index (χ1v) is 8.50. The Morgan fingerprint density at radius 3 is 2.46 bits per heavy atom. The number of hydrogen-bond donors (Lipinski definition) is 1. The molecule has 140 valence electrons. The Balaban J connectivity index is 0.00000243. The topological polar surface area (TPSA) is 70.5 Å². The number of carbonyl (C=O) groups is 1. The van der Waals surface area contributed by atoms with Gasteiger partial charge in [0.2, 0.25) is 5.91 Å². The molecule has 0 spiro atoms. The number of carbonyl (C=O) groups excluding carboxylic acids is 1. The number of piperazine rings is 1. The van der Waals surface area contributed by atoms with E-state index in [1.54, 1.807) is 30.3 Å². The van der Waals surface area contributed by atoms with Crippen molar-refractivity contribution in [3.63, 3.8) is 0 Å². The average molecular weight is 398 g/mol. The van der Waals surface area contributed by atoms with Crippen LogP contribution in [-0.2, 0) is 4.79 Å². The monoisotopic (exact) mass is 397 g/mol. The fourth-order valence-electron chi connectivity index (χ4n) is 2.86. The first-order valence-electron chi connectivity index (χ1n) is 8.12. The number of aromatic nitrogens is 2. The van der Waals surface area contributed by atoms with Crippen molar-refractivity contribution < 1.29 is 4.79 Å². The molecule has 1 aliphatic heterocycles. The fraction of sp³-hybridized carbons (Fsp3) is 0.353. The van der Waals surface area contributed by atoms with Crippen LogP contribution < -0.4 is 15.8 Å². The number of benzene rings is 1. The summed E-state index contributed by atoms with van der Waals surface area (Å²) in [5.41, 5.74) is 0.932. The standard InChI is InChI=1S/C17H20ClN5O2.ClH/c1-19-12-15(24)22-9-7-21(8-10-22)14-11-20-23(17(25)16(14)18)13-5-3-2-4-6-13;/h2-6,11,19H,7-10,12H2,1H3;1H. The molecule has 3 rings (SSSR count). The lowest BCUT2D eigenvalue weighted by molar-refractivity contribution is -0.130. The van der Waals surface area contributed by atoms with E-state index < -0.39 is 0 Å². The van der Waals surface area contributed by atoms with Gasteiger partial charge in [-0.05, 0) is 19.2 Å². The van der Waals surface area contributed by atoms with Gasteiger partial charge in [-0.25, -0.2) is 0 Å². The van der Waals surface area contributed by atoms with Crippen LogP contribution in [0.25, 0.3) is 5.69 Å². The van der Waals surface area contributed by atoms with E-state index in [1.165, 1.54) is 4.68 Å². The van der Waals surface area contributed by atoms with Crippen molar-refractivity contribution in [2.75, 3.05) is 44.7 Å². The molecular formula is C17H21Cl2N5O2. The van der Waals surface area contributed by atoms with Gasteiger partial charge in [0, 0.05) is 26.2 Å². The average Bonchev–Trinajstić information content (AvgIpc) is 2.65. The summed E-state index contributed by atoms with van der Waals surface area (Å²) in [5, 5.41) is 7.27. The largest absolute Gasteiger partial charge is 0.365 e.